The first-order valence-corrected chi connectivity index (χ1v) is 9.09. The van der Waals surface area contributed by atoms with Crippen molar-refractivity contribution in [3.8, 4) is 5.88 Å². The fourth-order valence-corrected chi connectivity index (χ4v) is 2.65. The number of fused-ring (bicyclic) bond motifs is 1. The normalized spacial score (nSPS) is 11.3. The van der Waals surface area contributed by atoms with Gasteiger partial charge in [0.25, 0.3) is 0 Å². The SMILES string of the molecule is CCCCNc1nc(N)c2[nH]c(=O)n(Cc3ccc(OC(C)C)nc3)c2n1. The van der Waals surface area contributed by atoms with Gasteiger partial charge in [-0.25, -0.2) is 9.78 Å². The summed E-state index contributed by atoms with van der Waals surface area (Å²) in [7, 11) is 0. The second-order valence-corrected chi connectivity index (χ2v) is 6.60. The largest absolute Gasteiger partial charge is 0.475 e. The third kappa shape index (κ3) is 4.36. The highest BCUT2D eigenvalue weighted by Gasteiger charge is 2.14. The number of ether oxygens (including phenoxy) is 1. The van der Waals surface area contributed by atoms with Crippen molar-refractivity contribution in [1.82, 2.24) is 24.5 Å². The number of unbranched alkanes of at least 4 members (excludes halogenated alkanes) is 1. The van der Waals surface area contributed by atoms with Crippen LogP contribution in [0.15, 0.2) is 23.1 Å². The number of rotatable bonds is 8. The van der Waals surface area contributed by atoms with Crippen LogP contribution in [0.1, 0.15) is 39.2 Å². The first-order chi connectivity index (χ1) is 13.0. The topological polar surface area (TPSA) is 124 Å². The zero-order valence-corrected chi connectivity index (χ0v) is 15.8. The molecule has 9 heteroatoms. The number of aromatic amines is 1. The van der Waals surface area contributed by atoms with E-state index in [0.29, 0.717) is 29.5 Å². The van der Waals surface area contributed by atoms with E-state index >= 15 is 0 Å². The second kappa shape index (κ2) is 8.07. The molecule has 0 amide bonds. The van der Waals surface area contributed by atoms with Crippen molar-refractivity contribution < 1.29 is 4.74 Å². The van der Waals surface area contributed by atoms with Crippen molar-refractivity contribution in [3.63, 3.8) is 0 Å². The number of nitrogens with two attached hydrogens (primary N) is 1. The van der Waals surface area contributed by atoms with Crippen LogP contribution < -0.4 is 21.5 Å². The number of nitrogens with one attached hydrogen (secondary N) is 2. The molecule has 0 saturated heterocycles. The number of aromatic nitrogens is 5. The number of anilines is 2. The van der Waals surface area contributed by atoms with Gasteiger partial charge in [-0.3, -0.25) is 4.57 Å². The van der Waals surface area contributed by atoms with Crippen molar-refractivity contribution in [2.75, 3.05) is 17.6 Å². The van der Waals surface area contributed by atoms with Gasteiger partial charge in [-0.1, -0.05) is 19.4 Å². The molecule has 3 aromatic rings. The van der Waals surface area contributed by atoms with Crippen LogP contribution in [0.2, 0.25) is 0 Å². The summed E-state index contributed by atoms with van der Waals surface area (Å²) in [5.41, 5.74) is 7.47. The molecule has 0 spiro atoms. The van der Waals surface area contributed by atoms with E-state index in [0.717, 1.165) is 24.9 Å². The summed E-state index contributed by atoms with van der Waals surface area (Å²) in [6.45, 7) is 7.06. The van der Waals surface area contributed by atoms with E-state index in [1.54, 1.807) is 12.3 Å². The van der Waals surface area contributed by atoms with Crippen molar-refractivity contribution in [3.05, 3.63) is 34.4 Å². The minimum Gasteiger partial charge on any atom is -0.475 e. The monoisotopic (exact) mass is 371 g/mol. The van der Waals surface area contributed by atoms with E-state index in [4.69, 9.17) is 10.5 Å². The Morgan fingerprint density at radius 2 is 2.15 bits per heavy atom. The van der Waals surface area contributed by atoms with Crippen molar-refractivity contribution in [2.24, 2.45) is 0 Å². The lowest BCUT2D eigenvalue weighted by Gasteiger charge is -2.09. The van der Waals surface area contributed by atoms with E-state index in [1.807, 2.05) is 19.9 Å². The quantitative estimate of drug-likeness (QED) is 0.518. The van der Waals surface area contributed by atoms with Gasteiger partial charge in [0.05, 0.1) is 12.6 Å². The van der Waals surface area contributed by atoms with Gasteiger partial charge in [0.2, 0.25) is 11.8 Å². The molecule has 144 valence electrons. The zero-order valence-electron chi connectivity index (χ0n) is 15.8. The van der Waals surface area contributed by atoms with Gasteiger partial charge in [-0.05, 0) is 25.8 Å². The zero-order chi connectivity index (χ0) is 19.4. The molecular formula is C18H25N7O2. The molecule has 27 heavy (non-hydrogen) atoms. The fourth-order valence-electron chi connectivity index (χ4n) is 2.65. The van der Waals surface area contributed by atoms with Gasteiger partial charge >= 0.3 is 5.69 Å². The third-order valence-electron chi connectivity index (χ3n) is 3.96. The Morgan fingerprint density at radius 3 is 2.81 bits per heavy atom. The summed E-state index contributed by atoms with van der Waals surface area (Å²) in [6, 6.07) is 3.66. The van der Waals surface area contributed by atoms with Crippen LogP contribution in [-0.2, 0) is 6.54 Å². The van der Waals surface area contributed by atoms with E-state index in [2.05, 4.69) is 32.2 Å². The summed E-state index contributed by atoms with van der Waals surface area (Å²) in [5.74, 6) is 1.21. The van der Waals surface area contributed by atoms with Crippen LogP contribution in [0.3, 0.4) is 0 Å². The molecule has 3 aromatic heterocycles. The molecule has 3 heterocycles. The third-order valence-corrected chi connectivity index (χ3v) is 3.96. The number of pyridine rings is 1. The van der Waals surface area contributed by atoms with Crippen molar-refractivity contribution >= 4 is 22.9 Å². The number of imidazole rings is 1. The van der Waals surface area contributed by atoms with Crippen LogP contribution in [-0.4, -0.2) is 37.2 Å². The molecule has 0 fully saturated rings. The molecule has 0 aliphatic rings. The molecule has 0 aromatic carbocycles. The van der Waals surface area contributed by atoms with Crippen LogP contribution in [0.4, 0.5) is 11.8 Å². The van der Waals surface area contributed by atoms with E-state index in [9.17, 15) is 4.79 Å². The lowest BCUT2D eigenvalue weighted by Crippen LogP contribution is -2.18. The van der Waals surface area contributed by atoms with Crippen LogP contribution in [0.25, 0.3) is 11.2 Å². The maximum absolute atomic E-state index is 12.4. The number of nitrogens with zero attached hydrogens (tertiary/aromatic N) is 4. The summed E-state index contributed by atoms with van der Waals surface area (Å²) >= 11 is 0. The molecule has 0 aliphatic heterocycles. The molecule has 4 N–H and O–H groups in total. The van der Waals surface area contributed by atoms with Gasteiger partial charge in [0, 0.05) is 18.8 Å². The second-order valence-electron chi connectivity index (χ2n) is 6.60. The maximum atomic E-state index is 12.4. The smallest absolute Gasteiger partial charge is 0.328 e. The first-order valence-electron chi connectivity index (χ1n) is 9.09. The molecule has 3 rings (SSSR count). The van der Waals surface area contributed by atoms with Crippen LogP contribution in [0, 0.1) is 0 Å². The van der Waals surface area contributed by atoms with Gasteiger partial charge < -0.3 is 20.8 Å². The fraction of sp³-hybridized carbons (Fsp3) is 0.444. The van der Waals surface area contributed by atoms with Crippen LogP contribution >= 0.6 is 0 Å². The number of hydrogen-bond acceptors (Lipinski definition) is 7. The lowest BCUT2D eigenvalue weighted by molar-refractivity contribution is 0.232. The van der Waals surface area contributed by atoms with E-state index < -0.39 is 0 Å². The summed E-state index contributed by atoms with van der Waals surface area (Å²) in [4.78, 5) is 28.1. The highest BCUT2D eigenvalue weighted by molar-refractivity contribution is 5.82. The number of H-pyrrole nitrogens is 1. The molecule has 0 bridgehead atoms. The summed E-state index contributed by atoms with van der Waals surface area (Å²) in [6.07, 6.45) is 3.80. The van der Waals surface area contributed by atoms with Crippen LogP contribution in [0.5, 0.6) is 5.88 Å². The number of nitrogen functional groups attached to an aromatic ring is 1. The van der Waals surface area contributed by atoms with Gasteiger partial charge in [0.1, 0.15) is 5.52 Å². The predicted octanol–water partition coefficient (Wildman–Crippen LogP) is 2.14. The van der Waals surface area contributed by atoms with Crippen molar-refractivity contribution in [2.45, 2.75) is 46.3 Å². The molecule has 0 saturated carbocycles. The molecule has 0 unspecified atom stereocenters. The Labute approximate surface area is 157 Å². The molecule has 0 atom stereocenters. The summed E-state index contributed by atoms with van der Waals surface area (Å²) < 4.78 is 7.07. The average Bonchev–Trinajstić information content (AvgIpc) is 2.93. The van der Waals surface area contributed by atoms with Crippen molar-refractivity contribution in [1.29, 1.82) is 0 Å². The van der Waals surface area contributed by atoms with Gasteiger partial charge in [-0.2, -0.15) is 9.97 Å². The Bertz CT molecular complexity index is 960. The standard InChI is InChI=1S/C18H25N7O2/c1-4-5-8-20-17-23-15(19)14-16(24-17)25(18(26)22-14)10-12-6-7-13(21-9-12)27-11(2)3/h6-7,9,11H,4-5,8,10H2,1-3H3,(H,22,26)(H3,19,20,23,24). The number of hydrogen-bond donors (Lipinski definition) is 3. The Balaban J connectivity index is 1.89. The minimum atomic E-state index is -0.292. The lowest BCUT2D eigenvalue weighted by atomic mass is 10.3. The van der Waals surface area contributed by atoms with E-state index in [-0.39, 0.29) is 17.6 Å². The molecule has 0 radical (unpaired) electrons. The Morgan fingerprint density at radius 1 is 1.33 bits per heavy atom. The minimum absolute atomic E-state index is 0.0536. The first kappa shape index (κ1) is 18.7. The summed E-state index contributed by atoms with van der Waals surface area (Å²) in [5, 5.41) is 3.14. The average molecular weight is 371 g/mol. The Hall–Kier alpha value is -3.10. The molecule has 0 aliphatic carbocycles. The highest BCUT2D eigenvalue weighted by Crippen LogP contribution is 2.18. The highest BCUT2D eigenvalue weighted by atomic mass is 16.5. The maximum Gasteiger partial charge on any atom is 0.328 e. The molecular weight excluding hydrogens is 346 g/mol. The Kier molecular flexibility index (Phi) is 5.58. The predicted molar refractivity (Wildman–Crippen MR) is 105 cm³/mol. The van der Waals surface area contributed by atoms with Gasteiger partial charge in [-0.15, -0.1) is 0 Å². The van der Waals surface area contributed by atoms with Gasteiger partial charge in [0.15, 0.2) is 11.5 Å². The van der Waals surface area contributed by atoms with E-state index in [1.165, 1.54) is 4.57 Å². The molecule has 9 nitrogen and oxygen atoms in total.